The van der Waals surface area contributed by atoms with E-state index < -0.39 is 17.6 Å². The molecule has 2 aromatic carbocycles. The summed E-state index contributed by atoms with van der Waals surface area (Å²) in [7, 11) is 0. The summed E-state index contributed by atoms with van der Waals surface area (Å²) in [5.74, 6) is -0.862. The number of amides is 2. The lowest BCUT2D eigenvalue weighted by Crippen LogP contribution is -2.33. The first-order valence-electron chi connectivity index (χ1n) is 8.51. The minimum atomic E-state index is -4.45. The zero-order valence-electron chi connectivity index (χ0n) is 15.2. The van der Waals surface area contributed by atoms with Crippen molar-refractivity contribution >= 4 is 28.3 Å². The Labute approximate surface area is 168 Å². The number of carbonyl (C=O) groups excluding carboxylic acids is 2. The smallest absolute Gasteiger partial charge is 0.343 e. The molecule has 0 saturated carbocycles. The highest BCUT2D eigenvalue weighted by atomic mass is 32.1. The lowest BCUT2D eigenvalue weighted by atomic mass is 10.1. The fraction of sp³-hybridized carbons (Fsp3) is 0.150. The molecular formula is C20H16F3N3O2S. The number of halogens is 3. The number of hydrogen-bond acceptors (Lipinski definition) is 4. The number of carbonyl (C=O) groups is 2. The molecule has 0 aliphatic carbocycles. The summed E-state index contributed by atoms with van der Waals surface area (Å²) in [5.41, 5.74) is 1.11. The molecule has 0 spiro atoms. The van der Waals surface area contributed by atoms with Gasteiger partial charge in [0, 0.05) is 16.5 Å². The Kier molecular flexibility index (Phi) is 5.97. The average molecular weight is 419 g/mol. The lowest BCUT2D eigenvalue weighted by molar-refractivity contribution is -0.137. The van der Waals surface area contributed by atoms with Crippen molar-refractivity contribution in [1.82, 2.24) is 10.3 Å². The molecule has 29 heavy (non-hydrogen) atoms. The summed E-state index contributed by atoms with van der Waals surface area (Å²) in [6.07, 6.45) is -4.45. The number of anilines is 1. The van der Waals surface area contributed by atoms with Gasteiger partial charge in [-0.2, -0.15) is 13.2 Å². The highest BCUT2D eigenvalue weighted by molar-refractivity contribution is 7.14. The van der Waals surface area contributed by atoms with Gasteiger partial charge in [-0.05, 0) is 30.7 Å². The van der Waals surface area contributed by atoms with Crippen LogP contribution in [0, 0.1) is 6.92 Å². The third-order valence-electron chi connectivity index (χ3n) is 4.04. The number of aryl methyl sites for hydroxylation is 1. The van der Waals surface area contributed by atoms with Crippen molar-refractivity contribution in [1.29, 1.82) is 0 Å². The summed E-state index contributed by atoms with van der Waals surface area (Å²) >= 11 is 1.08. The van der Waals surface area contributed by atoms with E-state index in [0.717, 1.165) is 29.0 Å². The number of nitrogens with zero attached hydrogens (tertiary/aromatic N) is 1. The molecule has 0 unspecified atom stereocenters. The quantitative estimate of drug-likeness (QED) is 0.640. The summed E-state index contributed by atoms with van der Waals surface area (Å²) in [6, 6.07) is 11.8. The molecule has 0 radical (unpaired) electrons. The van der Waals surface area contributed by atoms with Crippen LogP contribution in [0.2, 0.25) is 0 Å². The number of nitrogens with one attached hydrogen (secondary N) is 2. The van der Waals surface area contributed by atoms with Crippen LogP contribution in [0.5, 0.6) is 0 Å². The van der Waals surface area contributed by atoms with Gasteiger partial charge in [0.2, 0.25) is 5.91 Å². The van der Waals surface area contributed by atoms with Crippen molar-refractivity contribution in [2.45, 2.75) is 13.1 Å². The van der Waals surface area contributed by atoms with Crippen LogP contribution in [0.15, 0.2) is 53.9 Å². The maximum absolute atomic E-state index is 12.8. The molecule has 1 heterocycles. The second-order valence-electron chi connectivity index (χ2n) is 6.16. The predicted molar refractivity (Wildman–Crippen MR) is 105 cm³/mol. The number of rotatable bonds is 5. The molecule has 1 aromatic heterocycles. The molecule has 0 aliphatic heterocycles. The second kappa shape index (κ2) is 8.44. The van der Waals surface area contributed by atoms with Crippen LogP contribution in [0.3, 0.4) is 0 Å². The Morgan fingerprint density at radius 3 is 2.59 bits per heavy atom. The molecule has 5 nitrogen and oxygen atoms in total. The van der Waals surface area contributed by atoms with Crippen LogP contribution >= 0.6 is 11.3 Å². The zero-order valence-corrected chi connectivity index (χ0v) is 16.0. The van der Waals surface area contributed by atoms with Crippen molar-refractivity contribution in [2.24, 2.45) is 0 Å². The van der Waals surface area contributed by atoms with Crippen molar-refractivity contribution in [3.63, 3.8) is 0 Å². The van der Waals surface area contributed by atoms with Crippen molar-refractivity contribution in [3.05, 3.63) is 70.6 Å². The van der Waals surface area contributed by atoms with Gasteiger partial charge in [-0.1, -0.05) is 30.3 Å². The minimum Gasteiger partial charge on any atom is -0.343 e. The Morgan fingerprint density at radius 1 is 1.10 bits per heavy atom. The van der Waals surface area contributed by atoms with Gasteiger partial charge in [0.15, 0.2) is 5.13 Å². The van der Waals surface area contributed by atoms with E-state index in [4.69, 9.17) is 0 Å². The third kappa shape index (κ3) is 5.20. The van der Waals surface area contributed by atoms with Crippen LogP contribution in [-0.4, -0.2) is 23.3 Å². The third-order valence-corrected chi connectivity index (χ3v) is 4.79. The van der Waals surface area contributed by atoms with E-state index in [1.165, 1.54) is 12.1 Å². The second-order valence-corrected chi connectivity index (χ2v) is 7.02. The molecule has 0 bridgehead atoms. The van der Waals surface area contributed by atoms with Gasteiger partial charge in [-0.15, -0.1) is 11.3 Å². The van der Waals surface area contributed by atoms with E-state index >= 15 is 0 Å². The van der Waals surface area contributed by atoms with Crippen molar-refractivity contribution < 1.29 is 22.8 Å². The first-order valence-corrected chi connectivity index (χ1v) is 9.39. The van der Waals surface area contributed by atoms with Crippen molar-refractivity contribution in [2.75, 3.05) is 11.9 Å². The first kappa shape index (κ1) is 20.5. The molecule has 9 heteroatoms. The first-order chi connectivity index (χ1) is 13.7. The number of benzene rings is 2. The average Bonchev–Trinajstić information content (AvgIpc) is 3.14. The van der Waals surface area contributed by atoms with Crippen LogP contribution in [0.25, 0.3) is 11.3 Å². The molecule has 0 atom stereocenters. The minimum absolute atomic E-state index is 0.229. The van der Waals surface area contributed by atoms with Crippen molar-refractivity contribution in [3.8, 4) is 11.3 Å². The SMILES string of the molecule is Cc1ccccc1C(=O)NCC(=O)Nc1nc(-c2cccc(C(F)(F)F)c2)cs1. The molecule has 0 fully saturated rings. The zero-order chi connectivity index (χ0) is 21.0. The highest BCUT2D eigenvalue weighted by Gasteiger charge is 2.30. The van der Waals surface area contributed by atoms with Crippen LogP contribution in [0.4, 0.5) is 18.3 Å². The predicted octanol–water partition coefficient (Wildman–Crippen LogP) is 4.51. The summed E-state index contributed by atoms with van der Waals surface area (Å²) < 4.78 is 38.5. The number of aromatic nitrogens is 1. The van der Waals surface area contributed by atoms with Gasteiger partial charge < -0.3 is 10.6 Å². The summed E-state index contributed by atoms with van der Waals surface area (Å²) in [6.45, 7) is 1.53. The summed E-state index contributed by atoms with van der Waals surface area (Å²) in [5, 5.41) is 6.83. The van der Waals surface area contributed by atoms with Crippen LogP contribution < -0.4 is 10.6 Å². The lowest BCUT2D eigenvalue weighted by Gasteiger charge is -2.07. The molecular weight excluding hydrogens is 403 g/mol. The molecule has 0 saturated heterocycles. The number of thiazole rings is 1. The molecule has 3 rings (SSSR count). The van der Waals surface area contributed by atoms with Gasteiger partial charge in [0.1, 0.15) is 0 Å². The van der Waals surface area contributed by atoms with E-state index in [1.54, 1.807) is 30.5 Å². The maximum Gasteiger partial charge on any atom is 0.416 e. The van der Waals surface area contributed by atoms with E-state index in [1.807, 2.05) is 6.07 Å². The molecule has 0 aliphatic rings. The Bertz CT molecular complexity index is 1050. The van der Waals surface area contributed by atoms with E-state index in [0.29, 0.717) is 16.8 Å². The van der Waals surface area contributed by atoms with E-state index in [-0.39, 0.29) is 17.6 Å². The Morgan fingerprint density at radius 2 is 1.86 bits per heavy atom. The molecule has 150 valence electrons. The Hall–Kier alpha value is -3.20. The fourth-order valence-electron chi connectivity index (χ4n) is 2.57. The normalized spacial score (nSPS) is 11.2. The molecule has 2 N–H and O–H groups in total. The number of alkyl halides is 3. The number of hydrogen-bond donors (Lipinski definition) is 2. The van der Waals surface area contributed by atoms with Gasteiger partial charge in [0.05, 0.1) is 17.8 Å². The van der Waals surface area contributed by atoms with E-state index in [9.17, 15) is 22.8 Å². The molecule has 2 amide bonds. The topological polar surface area (TPSA) is 71.1 Å². The highest BCUT2D eigenvalue weighted by Crippen LogP contribution is 2.33. The fourth-order valence-corrected chi connectivity index (χ4v) is 3.30. The van der Waals surface area contributed by atoms with Gasteiger partial charge in [-0.25, -0.2) is 4.98 Å². The summed E-state index contributed by atoms with van der Waals surface area (Å²) in [4.78, 5) is 28.3. The standard InChI is InChI=1S/C20H16F3N3O2S/c1-12-5-2-3-8-15(12)18(28)24-10-17(27)26-19-25-16(11-29-19)13-6-4-7-14(9-13)20(21,22)23/h2-9,11H,10H2,1H3,(H,24,28)(H,25,26,27). The monoisotopic (exact) mass is 419 g/mol. The van der Waals surface area contributed by atoms with Crippen LogP contribution in [-0.2, 0) is 11.0 Å². The van der Waals surface area contributed by atoms with Gasteiger partial charge in [0.25, 0.3) is 5.91 Å². The van der Waals surface area contributed by atoms with E-state index in [2.05, 4.69) is 15.6 Å². The molecule has 3 aromatic rings. The maximum atomic E-state index is 12.8. The Balaban J connectivity index is 1.61. The van der Waals surface area contributed by atoms with Crippen LogP contribution in [0.1, 0.15) is 21.5 Å². The van der Waals surface area contributed by atoms with Gasteiger partial charge in [-0.3, -0.25) is 9.59 Å². The largest absolute Gasteiger partial charge is 0.416 e. The van der Waals surface area contributed by atoms with Gasteiger partial charge >= 0.3 is 6.18 Å².